The maximum Gasteiger partial charge on any atom is 0.416 e. The van der Waals surface area contributed by atoms with E-state index in [1.54, 1.807) is 24.3 Å². The number of alkyl halides is 3. The van der Waals surface area contributed by atoms with Crippen LogP contribution in [0.4, 0.5) is 29.3 Å². The molecule has 0 atom stereocenters. The molecule has 0 heterocycles. The van der Waals surface area contributed by atoms with Crippen LogP contribution >= 0.6 is 0 Å². The third kappa shape index (κ3) is 4.15. The zero-order valence-electron chi connectivity index (χ0n) is 11.6. The van der Waals surface area contributed by atoms with Gasteiger partial charge in [0.2, 0.25) is 0 Å². The molecule has 0 radical (unpaired) electrons. The van der Waals surface area contributed by atoms with E-state index in [1.807, 2.05) is 0 Å². The molecule has 0 unspecified atom stereocenters. The summed E-state index contributed by atoms with van der Waals surface area (Å²) in [4.78, 5) is 11.8. The van der Waals surface area contributed by atoms with Crippen molar-refractivity contribution in [2.45, 2.75) is 6.18 Å². The Bertz CT molecular complexity index is 655. The highest BCUT2D eigenvalue weighted by Crippen LogP contribution is 2.30. The second kappa shape index (κ2) is 6.38. The van der Waals surface area contributed by atoms with E-state index in [2.05, 4.69) is 10.6 Å². The summed E-state index contributed by atoms with van der Waals surface area (Å²) in [5.41, 5.74) is -0.277. The fourth-order valence-electron chi connectivity index (χ4n) is 1.74. The van der Waals surface area contributed by atoms with E-state index >= 15 is 0 Å². The zero-order valence-corrected chi connectivity index (χ0v) is 11.6. The van der Waals surface area contributed by atoms with Crippen LogP contribution in [0.25, 0.3) is 0 Å². The number of carbonyl (C=O) groups excluding carboxylic acids is 1. The van der Waals surface area contributed by atoms with Gasteiger partial charge in [-0.25, -0.2) is 4.79 Å². The summed E-state index contributed by atoms with van der Waals surface area (Å²) in [6.45, 7) is 0. The van der Waals surface area contributed by atoms with Crippen LogP contribution in [0.2, 0.25) is 0 Å². The molecule has 0 aliphatic heterocycles. The lowest BCUT2D eigenvalue weighted by Crippen LogP contribution is -2.19. The van der Waals surface area contributed by atoms with E-state index in [1.165, 1.54) is 19.2 Å². The lowest BCUT2D eigenvalue weighted by Gasteiger charge is -2.11. The number of ether oxygens (including phenoxy) is 1. The minimum atomic E-state index is -4.45. The molecule has 2 rings (SSSR count). The molecule has 0 aliphatic rings. The Labute approximate surface area is 124 Å². The predicted octanol–water partition coefficient (Wildman–Crippen LogP) is 4.36. The molecule has 2 N–H and O–H groups in total. The maximum absolute atomic E-state index is 12.6. The first-order chi connectivity index (χ1) is 10.4. The number of carbonyl (C=O) groups is 1. The molecule has 0 saturated carbocycles. The molecule has 4 nitrogen and oxygen atoms in total. The smallest absolute Gasteiger partial charge is 0.416 e. The quantitative estimate of drug-likeness (QED) is 0.885. The monoisotopic (exact) mass is 310 g/mol. The minimum absolute atomic E-state index is 0.0563. The van der Waals surface area contributed by atoms with Gasteiger partial charge in [0.1, 0.15) is 5.75 Å². The van der Waals surface area contributed by atoms with Gasteiger partial charge in [-0.05, 0) is 42.5 Å². The van der Waals surface area contributed by atoms with Gasteiger partial charge in [-0.1, -0.05) is 6.07 Å². The number of hydrogen-bond acceptors (Lipinski definition) is 2. The van der Waals surface area contributed by atoms with Gasteiger partial charge in [0.05, 0.1) is 12.7 Å². The van der Waals surface area contributed by atoms with Crippen LogP contribution < -0.4 is 15.4 Å². The lowest BCUT2D eigenvalue weighted by molar-refractivity contribution is -0.137. The van der Waals surface area contributed by atoms with Crippen molar-refractivity contribution in [1.82, 2.24) is 0 Å². The first-order valence-corrected chi connectivity index (χ1v) is 6.28. The van der Waals surface area contributed by atoms with Crippen molar-refractivity contribution in [2.75, 3.05) is 17.7 Å². The Morgan fingerprint density at radius 1 is 1.00 bits per heavy atom. The van der Waals surface area contributed by atoms with Crippen molar-refractivity contribution in [1.29, 1.82) is 0 Å². The highest BCUT2D eigenvalue weighted by atomic mass is 19.4. The summed E-state index contributed by atoms with van der Waals surface area (Å²) in [6, 6.07) is 10.3. The number of methoxy groups -OCH3 is 1. The van der Waals surface area contributed by atoms with E-state index in [-0.39, 0.29) is 5.69 Å². The number of halogens is 3. The Morgan fingerprint density at radius 3 is 2.23 bits per heavy atom. The first kappa shape index (κ1) is 15.7. The van der Waals surface area contributed by atoms with Crippen LogP contribution in [0.3, 0.4) is 0 Å². The number of benzene rings is 2. The van der Waals surface area contributed by atoms with E-state index in [4.69, 9.17) is 4.74 Å². The van der Waals surface area contributed by atoms with Gasteiger partial charge < -0.3 is 15.4 Å². The highest BCUT2D eigenvalue weighted by molar-refractivity contribution is 5.99. The molecule has 0 aliphatic carbocycles. The summed E-state index contributed by atoms with van der Waals surface area (Å²) in [6.07, 6.45) is -4.45. The van der Waals surface area contributed by atoms with E-state index in [9.17, 15) is 18.0 Å². The molecule has 0 spiro atoms. The van der Waals surface area contributed by atoms with Crippen molar-refractivity contribution in [3.05, 3.63) is 54.1 Å². The molecular formula is C15H13F3N2O2. The SMILES string of the molecule is COc1ccc(NC(=O)Nc2cccc(C(F)(F)F)c2)cc1. The summed E-state index contributed by atoms with van der Waals surface area (Å²) in [7, 11) is 1.52. The third-order valence-corrected chi connectivity index (χ3v) is 2.80. The molecule has 116 valence electrons. The van der Waals surface area contributed by atoms with Gasteiger partial charge >= 0.3 is 12.2 Å². The van der Waals surface area contributed by atoms with Crippen molar-refractivity contribution < 1.29 is 22.7 Å². The van der Waals surface area contributed by atoms with Crippen molar-refractivity contribution in [3.63, 3.8) is 0 Å². The average Bonchev–Trinajstić information content (AvgIpc) is 2.47. The largest absolute Gasteiger partial charge is 0.497 e. The molecular weight excluding hydrogens is 297 g/mol. The summed E-state index contributed by atoms with van der Waals surface area (Å²) < 4.78 is 42.7. The topological polar surface area (TPSA) is 50.4 Å². The maximum atomic E-state index is 12.6. The molecule has 2 amide bonds. The number of amides is 2. The average molecular weight is 310 g/mol. The number of rotatable bonds is 3. The van der Waals surface area contributed by atoms with E-state index in [0.717, 1.165) is 12.1 Å². The van der Waals surface area contributed by atoms with Crippen molar-refractivity contribution >= 4 is 17.4 Å². The highest BCUT2D eigenvalue weighted by Gasteiger charge is 2.30. The standard InChI is InChI=1S/C15H13F3N2O2/c1-22-13-7-5-11(6-8-13)19-14(21)20-12-4-2-3-10(9-12)15(16,17)18/h2-9H,1H3,(H2,19,20,21). The second-order valence-corrected chi connectivity index (χ2v) is 4.39. The number of urea groups is 1. The van der Waals surface area contributed by atoms with Crippen LogP contribution in [-0.2, 0) is 6.18 Å². The zero-order chi connectivity index (χ0) is 16.2. The van der Waals surface area contributed by atoms with Gasteiger partial charge in [0, 0.05) is 11.4 Å². The summed E-state index contributed by atoms with van der Waals surface area (Å²) >= 11 is 0. The second-order valence-electron chi connectivity index (χ2n) is 4.39. The molecule has 0 aromatic heterocycles. The van der Waals surface area contributed by atoms with Crippen LogP contribution in [0.15, 0.2) is 48.5 Å². The predicted molar refractivity (Wildman–Crippen MR) is 77.1 cm³/mol. The van der Waals surface area contributed by atoms with Gasteiger partial charge in [-0.3, -0.25) is 0 Å². The molecule has 2 aromatic rings. The Balaban J connectivity index is 2.02. The number of anilines is 2. The van der Waals surface area contributed by atoms with E-state index in [0.29, 0.717) is 11.4 Å². The molecule has 2 aromatic carbocycles. The number of hydrogen-bond donors (Lipinski definition) is 2. The third-order valence-electron chi connectivity index (χ3n) is 2.80. The first-order valence-electron chi connectivity index (χ1n) is 6.28. The molecule has 7 heteroatoms. The van der Waals surface area contributed by atoms with Crippen LogP contribution in [0, 0.1) is 0 Å². The van der Waals surface area contributed by atoms with Crippen LogP contribution in [0.5, 0.6) is 5.75 Å². The van der Waals surface area contributed by atoms with Gasteiger partial charge in [0.25, 0.3) is 0 Å². The Kier molecular flexibility index (Phi) is 4.55. The number of nitrogens with one attached hydrogen (secondary N) is 2. The van der Waals surface area contributed by atoms with E-state index < -0.39 is 17.8 Å². The normalized spacial score (nSPS) is 10.9. The van der Waals surface area contributed by atoms with Gasteiger partial charge in [-0.15, -0.1) is 0 Å². The molecule has 0 fully saturated rings. The Hall–Kier alpha value is -2.70. The summed E-state index contributed by atoms with van der Waals surface area (Å²) in [5, 5.41) is 4.86. The Morgan fingerprint density at radius 2 is 1.64 bits per heavy atom. The van der Waals surface area contributed by atoms with Crippen LogP contribution in [-0.4, -0.2) is 13.1 Å². The fraction of sp³-hybridized carbons (Fsp3) is 0.133. The van der Waals surface area contributed by atoms with Crippen molar-refractivity contribution in [2.24, 2.45) is 0 Å². The minimum Gasteiger partial charge on any atom is -0.497 e. The summed E-state index contributed by atoms with van der Waals surface area (Å²) in [5.74, 6) is 0.629. The van der Waals surface area contributed by atoms with Crippen molar-refractivity contribution in [3.8, 4) is 5.75 Å². The molecule has 0 saturated heterocycles. The van der Waals surface area contributed by atoms with Crippen LogP contribution in [0.1, 0.15) is 5.56 Å². The van der Waals surface area contributed by atoms with Gasteiger partial charge in [0.15, 0.2) is 0 Å². The lowest BCUT2D eigenvalue weighted by atomic mass is 10.2. The molecule has 0 bridgehead atoms. The van der Waals surface area contributed by atoms with Gasteiger partial charge in [-0.2, -0.15) is 13.2 Å². The molecule has 22 heavy (non-hydrogen) atoms. The fourth-order valence-corrected chi connectivity index (χ4v) is 1.74.